The number of ketones is 1. The molecule has 25 heavy (non-hydrogen) atoms. The maximum absolute atomic E-state index is 12.9. The molecule has 0 aliphatic rings. The molecule has 1 heterocycles. The van der Waals surface area contributed by atoms with Crippen molar-refractivity contribution in [3.8, 4) is 28.8 Å². The molecule has 0 saturated heterocycles. The zero-order valence-electron chi connectivity index (χ0n) is 13.9. The normalized spacial score (nSPS) is 10.1. The van der Waals surface area contributed by atoms with Crippen LogP contribution in [-0.4, -0.2) is 25.0 Å². The van der Waals surface area contributed by atoms with E-state index in [2.05, 4.69) is 11.1 Å². The summed E-state index contributed by atoms with van der Waals surface area (Å²) in [4.78, 5) is 15.9. The number of ether oxygens (including phenoxy) is 2. The van der Waals surface area contributed by atoms with Crippen molar-refractivity contribution in [2.45, 2.75) is 0 Å². The van der Waals surface area contributed by atoms with Gasteiger partial charge in [0.15, 0.2) is 5.78 Å². The number of carbonyl (C=O) groups is 1. The van der Waals surface area contributed by atoms with Gasteiger partial charge in [-0.05, 0) is 60.2 Å². The topological polar surface area (TPSA) is 75.1 Å². The molecule has 0 saturated carbocycles. The van der Waals surface area contributed by atoms with Crippen LogP contribution in [0.3, 0.4) is 0 Å². The smallest absolute Gasteiger partial charge is 0.195 e. The number of nitrogens with one attached hydrogen (secondary N) is 1. The van der Waals surface area contributed by atoms with E-state index >= 15 is 0 Å². The lowest BCUT2D eigenvalue weighted by Gasteiger charge is -2.06. The SMILES string of the molecule is COc1ccc(C(=O)c2cc(C#N)[nH]c2-c2ccc(OC)cc2)cc1. The average Bonchev–Trinajstić information content (AvgIpc) is 3.12. The highest BCUT2D eigenvalue weighted by atomic mass is 16.5. The van der Waals surface area contributed by atoms with Crippen molar-refractivity contribution >= 4 is 5.78 Å². The van der Waals surface area contributed by atoms with Gasteiger partial charge < -0.3 is 14.5 Å². The first-order chi connectivity index (χ1) is 12.2. The predicted molar refractivity (Wildman–Crippen MR) is 93.9 cm³/mol. The molecular formula is C20H16N2O3. The summed E-state index contributed by atoms with van der Waals surface area (Å²) in [5.41, 5.74) is 2.73. The van der Waals surface area contributed by atoms with Crippen molar-refractivity contribution in [3.05, 3.63) is 71.4 Å². The Labute approximate surface area is 145 Å². The molecule has 5 heteroatoms. The second-order valence-electron chi connectivity index (χ2n) is 5.37. The number of benzene rings is 2. The Morgan fingerprint density at radius 3 is 2.04 bits per heavy atom. The zero-order valence-corrected chi connectivity index (χ0v) is 13.9. The standard InChI is InChI=1S/C20H16N2O3/c1-24-16-7-3-13(4-8-16)19-18(11-15(12-21)22-19)20(23)14-5-9-17(25-2)10-6-14/h3-11,22H,1-2H3. The Morgan fingerprint density at radius 1 is 0.960 bits per heavy atom. The van der Waals surface area contributed by atoms with Crippen molar-refractivity contribution in [1.82, 2.24) is 4.98 Å². The number of nitriles is 1. The lowest BCUT2D eigenvalue weighted by molar-refractivity contribution is 0.103. The zero-order chi connectivity index (χ0) is 17.8. The number of H-pyrrole nitrogens is 1. The minimum atomic E-state index is -0.161. The third-order valence-electron chi connectivity index (χ3n) is 3.91. The highest BCUT2D eigenvalue weighted by Gasteiger charge is 2.18. The number of methoxy groups -OCH3 is 2. The van der Waals surface area contributed by atoms with Crippen LogP contribution in [0.15, 0.2) is 54.6 Å². The number of carbonyl (C=O) groups excluding carboxylic acids is 1. The van der Waals surface area contributed by atoms with Crippen LogP contribution in [0.5, 0.6) is 11.5 Å². The number of hydrogen-bond donors (Lipinski definition) is 1. The molecular weight excluding hydrogens is 316 g/mol. The van der Waals surface area contributed by atoms with E-state index in [1.807, 2.05) is 24.3 Å². The average molecular weight is 332 g/mol. The molecule has 1 aromatic heterocycles. The molecule has 0 fully saturated rings. The van der Waals surface area contributed by atoms with Crippen molar-refractivity contribution in [1.29, 1.82) is 5.26 Å². The fourth-order valence-electron chi connectivity index (χ4n) is 2.58. The summed E-state index contributed by atoms with van der Waals surface area (Å²) < 4.78 is 10.3. The third-order valence-corrected chi connectivity index (χ3v) is 3.91. The molecule has 0 aliphatic carbocycles. The first kappa shape index (κ1) is 16.3. The van der Waals surface area contributed by atoms with Gasteiger partial charge in [-0.15, -0.1) is 0 Å². The quantitative estimate of drug-likeness (QED) is 0.721. The van der Waals surface area contributed by atoms with E-state index in [0.717, 1.165) is 11.3 Å². The second kappa shape index (κ2) is 6.93. The van der Waals surface area contributed by atoms with Crippen LogP contribution in [0.4, 0.5) is 0 Å². The predicted octanol–water partition coefficient (Wildman–Crippen LogP) is 3.80. The summed E-state index contributed by atoms with van der Waals surface area (Å²) in [7, 11) is 3.17. The van der Waals surface area contributed by atoms with Crippen LogP contribution in [0.1, 0.15) is 21.6 Å². The van der Waals surface area contributed by atoms with E-state index in [0.29, 0.717) is 28.3 Å². The molecule has 0 amide bonds. The van der Waals surface area contributed by atoms with E-state index in [9.17, 15) is 10.1 Å². The molecule has 124 valence electrons. The van der Waals surface area contributed by atoms with Crippen LogP contribution in [0, 0.1) is 11.3 Å². The van der Waals surface area contributed by atoms with Crippen molar-refractivity contribution < 1.29 is 14.3 Å². The third kappa shape index (κ3) is 3.24. The summed E-state index contributed by atoms with van der Waals surface area (Å²) >= 11 is 0. The van der Waals surface area contributed by atoms with E-state index in [1.54, 1.807) is 44.6 Å². The van der Waals surface area contributed by atoms with Gasteiger partial charge in [0.1, 0.15) is 23.3 Å². The van der Waals surface area contributed by atoms with Crippen LogP contribution in [0.25, 0.3) is 11.3 Å². The Bertz CT molecular complexity index is 933. The van der Waals surface area contributed by atoms with Crippen LogP contribution in [-0.2, 0) is 0 Å². The number of rotatable bonds is 5. The molecule has 0 radical (unpaired) electrons. The maximum Gasteiger partial charge on any atom is 0.195 e. The van der Waals surface area contributed by atoms with E-state index in [1.165, 1.54) is 0 Å². The van der Waals surface area contributed by atoms with Crippen molar-refractivity contribution in [3.63, 3.8) is 0 Å². The van der Waals surface area contributed by atoms with E-state index in [4.69, 9.17) is 9.47 Å². The van der Waals surface area contributed by atoms with E-state index < -0.39 is 0 Å². The lowest BCUT2D eigenvalue weighted by atomic mass is 10.00. The minimum absolute atomic E-state index is 0.161. The highest BCUT2D eigenvalue weighted by molar-refractivity contribution is 6.12. The molecule has 1 N–H and O–H groups in total. The first-order valence-electron chi connectivity index (χ1n) is 7.62. The Hall–Kier alpha value is -3.52. The van der Waals surface area contributed by atoms with Gasteiger partial charge >= 0.3 is 0 Å². The number of hydrogen-bond acceptors (Lipinski definition) is 4. The number of nitrogens with zero attached hydrogens (tertiary/aromatic N) is 1. The fraction of sp³-hybridized carbons (Fsp3) is 0.100. The molecule has 0 spiro atoms. The fourth-order valence-corrected chi connectivity index (χ4v) is 2.58. The van der Waals surface area contributed by atoms with Gasteiger partial charge in [-0.25, -0.2) is 0 Å². The Kier molecular flexibility index (Phi) is 4.53. The molecule has 2 aromatic carbocycles. The van der Waals surface area contributed by atoms with Crippen molar-refractivity contribution in [2.24, 2.45) is 0 Å². The molecule has 3 aromatic rings. The molecule has 5 nitrogen and oxygen atoms in total. The summed E-state index contributed by atoms with van der Waals surface area (Å²) in [5, 5.41) is 9.20. The molecule has 0 atom stereocenters. The van der Waals surface area contributed by atoms with Gasteiger partial charge in [-0.2, -0.15) is 5.26 Å². The summed E-state index contributed by atoms with van der Waals surface area (Å²) in [6, 6.07) is 17.8. The Balaban J connectivity index is 2.03. The van der Waals surface area contributed by atoms with Gasteiger partial charge in [0.25, 0.3) is 0 Å². The van der Waals surface area contributed by atoms with Crippen LogP contribution in [0.2, 0.25) is 0 Å². The molecule has 3 rings (SSSR count). The number of aromatic amines is 1. The molecule has 0 bridgehead atoms. The molecule has 0 aliphatic heterocycles. The van der Waals surface area contributed by atoms with E-state index in [-0.39, 0.29) is 5.78 Å². The maximum atomic E-state index is 12.9. The largest absolute Gasteiger partial charge is 0.497 e. The van der Waals surface area contributed by atoms with Crippen LogP contribution >= 0.6 is 0 Å². The second-order valence-corrected chi connectivity index (χ2v) is 5.37. The van der Waals surface area contributed by atoms with Gasteiger partial charge in [-0.3, -0.25) is 4.79 Å². The summed E-state index contributed by atoms with van der Waals surface area (Å²) in [6.45, 7) is 0. The highest BCUT2D eigenvalue weighted by Crippen LogP contribution is 2.28. The molecule has 0 unspecified atom stereocenters. The van der Waals surface area contributed by atoms with Gasteiger partial charge in [0.05, 0.1) is 19.9 Å². The van der Waals surface area contributed by atoms with Crippen LogP contribution < -0.4 is 9.47 Å². The van der Waals surface area contributed by atoms with Gasteiger partial charge in [-0.1, -0.05) is 0 Å². The lowest BCUT2D eigenvalue weighted by Crippen LogP contribution is -2.02. The Morgan fingerprint density at radius 2 is 1.52 bits per heavy atom. The monoisotopic (exact) mass is 332 g/mol. The minimum Gasteiger partial charge on any atom is -0.497 e. The van der Waals surface area contributed by atoms with Gasteiger partial charge in [0, 0.05) is 11.1 Å². The van der Waals surface area contributed by atoms with Crippen molar-refractivity contribution in [2.75, 3.05) is 14.2 Å². The number of aromatic nitrogens is 1. The summed E-state index contributed by atoms with van der Waals surface area (Å²) in [6.07, 6.45) is 0. The summed E-state index contributed by atoms with van der Waals surface area (Å²) in [5.74, 6) is 1.24. The van der Waals surface area contributed by atoms with Gasteiger partial charge in [0.2, 0.25) is 0 Å². The first-order valence-corrected chi connectivity index (χ1v) is 7.62.